The molecule has 0 aliphatic carbocycles. The van der Waals surface area contributed by atoms with Crippen molar-refractivity contribution in [3.8, 4) is 11.5 Å². The van der Waals surface area contributed by atoms with E-state index in [0.717, 1.165) is 5.75 Å². The number of ether oxygens (including phenoxy) is 2. The van der Waals surface area contributed by atoms with Crippen LogP contribution in [0.25, 0.3) is 0 Å². The first kappa shape index (κ1) is 15.4. The predicted octanol–water partition coefficient (Wildman–Crippen LogP) is 2.37. The minimum atomic E-state index is -0.253. The van der Waals surface area contributed by atoms with E-state index in [0.29, 0.717) is 30.4 Å². The third kappa shape index (κ3) is 4.81. The zero-order valence-corrected chi connectivity index (χ0v) is 12.1. The molecule has 0 atom stereocenters. The molecule has 2 N–H and O–H groups in total. The lowest BCUT2D eigenvalue weighted by molar-refractivity contribution is 0.245. The van der Waals surface area contributed by atoms with Gasteiger partial charge < -0.3 is 19.6 Å². The molecule has 2 aromatic rings. The lowest BCUT2D eigenvalue weighted by Gasteiger charge is -2.08. The molecule has 0 aliphatic heterocycles. The normalized spacial score (nSPS) is 10.4. The Labute approximate surface area is 127 Å². The summed E-state index contributed by atoms with van der Waals surface area (Å²) in [6.07, 6.45) is 2.09. The third-order valence-electron chi connectivity index (χ3n) is 2.74. The predicted molar refractivity (Wildman–Crippen MR) is 80.0 cm³/mol. The fourth-order valence-corrected chi connectivity index (χ4v) is 1.79. The summed E-state index contributed by atoms with van der Waals surface area (Å²) in [4.78, 5) is 14.4. The first-order chi connectivity index (χ1) is 10.2. The average Bonchev–Trinajstić information content (AvgIpc) is 2.50. The van der Waals surface area contributed by atoms with Crippen molar-refractivity contribution >= 4 is 11.6 Å². The van der Waals surface area contributed by atoms with E-state index in [9.17, 15) is 4.79 Å². The van der Waals surface area contributed by atoms with Crippen molar-refractivity contribution in [2.45, 2.75) is 13.0 Å². The standard InChI is InChI=1S/C15H16ClNO4/c16-11-2-4-13(5-3-11)20-6-1-7-21-15-9-17-12(10-18)8-14(15)19/h2-5,8-9,18H,1,6-7,10H2,(H,17,19). The van der Waals surface area contributed by atoms with E-state index in [1.807, 2.05) is 0 Å². The van der Waals surface area contributed by atoms with Gasteiger partial charge in [-0.1, -0.05) is 11.6 Å². The van der Waals surface area contributed by atoms with Crippen LogP contribution in [0.5, 0.6) is 11.5 Å². The number of rotatable bonds is 7. The van der Waals surface area contributed by atoms with Crippen LogP contribution in [0.4, 0.5) is 0 Å². The highest BCUT2D eigenvalue weighted by molar-refractivity contribution is 6.30. The van der Waals surface area contributed by atoms with E-state index in [4.69, 9.17) is 26.2 Å². The van der Waals surface area contributed by atoms with E-state index in [2.05, 4.69) is 4.98 Å². The number of halogens is 1. The topological polar surface area (TPSA) is 71.5 Å². The highest BCUT2D eigenvalue weighted by atomic mass is 35.5. The van der Waals surface area contributed by atoms with Crippen LogP contribution in [0.2, 0.25) is 5.02 Å². The summed E-state index contributed by atoms with van der Waals surface area (Å²) in [6, 6.07) is 8.42. The molecule has 0 unspecified atom stereocenters. The van der Waals surface area contributed by atoms with Crippen LogP contribution in [0.3, 0.4) is 0 Å². The van der Waals surface area contributed by atoms with Crippen LogP contribution in [0.1, 0.15) is 12.1 Å². The third-order valence-corrected chi connectivity index (χ3v) is 2.99. The van der Waals surface area contributed by atoms with Gasteiger partial charge in [-0.3, -0.25) is 4.79 Å². The molecule has 6 heteroatoms. The van der Waals surface area contributed by atoms with Gasteiger partial charge in [0.1, 0.15) is 5.75 Å². The maximum Gasteiger partial charge on any atom is 0.223 e. The number of nitrogens with one attached hydrogen (secondary N) is 1. The molecule has 0 radical (unpaired) electrons. The summed E-state index contributed by atoms with van der Waals surface area (Å²) in [7, 11) is 0. The van der Waals surface area contributed by atoms with E-state index in [1.54, 1.807) is 24.3 Å². The second-order valence-corrected chi connectivity index (χ2v) is 4.79. The Morgan fingerprint density at radius 1 is 1.14 bits per heavy atom. The molecule has 1 aromatic carbocycles. The SMILES string of the molecule is O=c1cc(CO)[nH]cc1OCCCOc1ccc(Cl)cc1. The molecule has 0 saturated heterocycles. The van der Waals surface area contributed by atoms with Crippen molar-refractivity contribution in [2.75, 3.05) is 13.2 Å². The van der Waals surface area contributed by atoms with Gasteiger partial charge in [0.25, 0.3) is 0 Å². The fraction of sp³-hybridized carbons (Fsp3) is 0.267. The van der Waals surface area contributed by atoms with Gasteiger partial charge in [-0.05, 0) is 24.3 Å². The van der Waals surface area contributed by atoms with Gasteiger partial charge in [0.05, 0.1) is 19.8 Å². The summed E-state index contributed by atoms with van der Waals surface area (Å²) < 4.78 is 10.9. The summed E-state index contributed by atoms with van der Waals surface area (Å²) in [5, 5.41) is 9.55. The molecule has 1 heterocycles. The molecule has 21 heavy (non-hydrogen) atoms. The quantitative estimate of drug-likeness (QED) is 0.770. The van der Waals surface area contributed by atoms with Gasteiger partial charge >= 0.3 is 0 Å². The number of hydrogen-bond donors (Lipinski definition) is 2. The van der Waals surface area contributed by atoms with Gasteiger partial charge in [-0.2, -0.15) is 0 Å². The van der Waals surface area contributed by atoms with Crippen molar-refractivity contribution < 1.29 is 14.6 Å². The minimum Gasteiger partial charge on any atom is -0.493 e. The van der Waals surface area contributed by atoms with Crippen LogP contribution in [-0.2, 0) is 6.61 Å². The number of hydrogen-bond acceptors (Lipinski definition) is 4. The van der Waals surface area contributed by atoms with Crippen molar-refractivity contribution in [3.63, 3.8) is 0 Å². The number of aliphatic hydroxyl groups excluding tert-OH is 1. The Hall–Kier alpha value is -1.98. The van der Waals surface area contributed by atoms with E-state index in [1.165, 1.54) is 12.3 Å². The van der Waals surface area contributed by atoms with Gasteiger partial charge in [0.15, 0.2) is 5.75 Å². The van der Waals surface area contributed by atoms with Crippen LogP contribution >= 0.6 is 11.6 Å². The molecular weight excluding hydrogens is 294 g/mol. The molecule has 0 bridgehead atoms. The number of benzene rings is 1. The first-order valence-electron chi connectivity index (χ1n) is 6.52. The Morgan fingerprint density at radius 3 is 2.52 bits per heavy atom. The second kappa shape index (κ2) is 7.71. The smallest absolute Gasteiger partial charge is 0.223 e. The number of pyridine rings is 1. The van der Waals surface area contributed by atoms with Crippen LogP contribution in [0, 0.1) is 0 Å². The Bertz CT molecular complexity index is 624. The highest BCUT2D eigenvalue weighted by Crippen LogP contribution is 2.15. The molecule has 0 fully saturated rings. The number of H-pyrrole nitrogens is 1. The maximum atomic E-state index is 11.6. The number of aromatic nitrogens is 1. The summed E-state index contributed by atoms with van der Waals surface area (Å²) in [5.74, 6) is 0.975. The zero-order valence-electron chi connectivity index (χ0n) is 11.3. The molecule has 112 valence electrons. The lowest BCUT2D eigenvalue weighted by Crippen LogP contribution is -2.12. The number of aromatic amines is 1. The molecule has 0 amide bonds. The van der Waals surface area contributed by atoms with E-state index >= 15 is 0 Å². The average molecular weight is 310 g/mol. The van der Waals surface area contributed by atoms with Crippen LogP contribution < -0.4 is 14.9 Å². The molecule has 5 nitrogen and oxygen atoms in total. The fourth-order valence-electron chi connectivity index (χ4n) is 1.67. The minimum absolute atomic E-state index is 0.204. The van der Waals surface area contributed by atoms with Crippen LogP contribution in [0.15, 0.2) is 41.3 Å². The second-order valence-electron chi connectivity index (χ2n) is 4.35. The lowest BCUT2D eigenvalue weighted by atomic mass is 10.3. The largest absolute Gasteiger partial charge is 0.493 e. The van der Waals surface area contributed by atoms with Gasteiger partial charge in [0.2, 0.25) is 5.43 Å². The van der Waals surface area contributed by atoms with Gasteiger partial charge in [-0.25, -0.2) is 0 Å². The Balaban J connectivity index is 1.72. The molecular formula is C15H16ClNO4. The molecule has 0 aliphatic rings. The molecule has 0 spiro atoms. The molecule has 1 aromatic heterocycles. The highest BCUT2D eigenvalue weighted by Gasteiger charge is 2.02. The van der Waals surface area contributed by atoms with E-state index in [-0.39, 0.29) is 17.8 Å². The Kier molecular flexibility index (Phi) is 5.66. The summed E-state index contributed by atoms with van der Waals surface area (Å²) in [6.45, 7) is 0.647. The Morgan fingerprint density at radius 2 is 1.86 bits per heavy atom. The van der Waals surface area contributed by atoms with Crippen molar-refractivity contribution in [3.05, 3.63) is 57.5 Å². The van der Waals surface area contributed by atoms with Crippen LogP contribution in [-0.4, -0.2) is 23.3 Å². The van der Waals surface area contributed by atoms with E-state index < -0.39 is 0 Å². The molecule has 0 saturated carbocycles. The van der Waals surface area contributed by atoms with Gasteiger partial charge in [0, 0.05) is 29.4 Å². The van der Waals surface area contributed by atoms with Crippen molar-refractivity contribution in [1.82, 2.24) is 4.98 Å². The van der Waals surface area contributed by atoms with Gasteiger partial charge in [-0.15, -0.1) is 0 Å². The number of aliphatic hydroxyl groups is 1. The first-order valence-corrected chi connectivity index (χ1v) is 6.90. The maximum absolute atomic E-state index is 11.6. The summed E-state index contributed by atoms with van der Waals surface area (Å²) >= 11 is 5.78. The van der Waals surface area contributed by atoms with Crippen molar-refractivity contribution in [1.29, 1.82) is 0 Å². The monoisotopic (exact) mass is 309 g/mol. The molecule has 2 rings (SSSR count). The summed E-state index contributed by atoms with van der Waals surface area (Å²) in [5.41, 5.74) is 0.204. The zero-order chi connectivity index (χ0) is 15.1. The van der Waals surface area contributed by atoms with Crippen molar-refractivity contribution in [2.24, 2.45) is 0 Å².